The maximum Gasteiger partial charge on any atom is 0.472 e. The maximum absolute atomic E-state index is 13.1. The smallest absolute Gasteiger partial charge is 0.462 e. The number of phosphoric acid groups is 2. The molecule has 0 saturated carbocycles. The first kappa shape index (κ1) is 98.9. The van der Waals surface area contributed by atoms with E-state index in [0.29, 0.717) is 38.5 Å². The minimum Gasteiger partial charge on any atom is -0.462 e. The first-order valence-electron chi connectivity index (χ1n) is 40.1. The van der Waals surface area contributed by atoms with E-state index in [1.54, 1.807) is 0 Å². The Morgan fingerprint density at radius 2 is 0.510 bits per heavy atom. The van der Waals surface area contributed by atoms with Crippen LogP contribution in [0, 0.1) is 0 Å². The van der Waals surface area contributed by atoms with Crippen LogP contribution in [0.2, 0.25) is 0 Å². The molecule has 3 N–H and O–H groups in total. The van der Waals surface area contributed by atoms with Gasteiger partial charge in [-0.15, -0.1) is 0 Å². The number of allylic oxidation sites excluding steroid dienone is 24. The first-order chi connectivity index (χ1) is 50.7. The zero-order valence-corrected chi connectivity index (χ0v) is 66.7. The molecule has 0 aliphatic carbocycles. The number of carbonyl (C=O) groups is 4. The quantitative estimate of drug-likeness (QED) is 0.0169. The van der Waals surface area contributed by atoms with Crippen LogP contribution in [0.4, 0.5) is 0 Å². The van der Waals surface area contributed by atoms with Crippen molar-refractivity contribution in [3.8, 4) is 0 Å². The van der Waals surface area contributed by atoms with Gasteiger partial charge in [-0.2, -0.15) is 0 Å². The number of esters is 4. The first-order valence-corrected chi connectivity index (χ1v) is 43.1. The van der Waals surface area contributed by atoms with Gasteiger partial charge in [0.15, 0.2) is 12.2 Å². The van der Waals surface area contributed by atoms with Gasteiger partial charge >= 0.3 is 39.5 Å². The van der Waals surface area contributed by atoms with E-state index in [4.69, 9.17) is 37.0 Å². The zero-order valence-electron chi connectivity index (χ0n) is 64.9. The van der Waals surface area contributed by atoms with Crippen LogP contribution in [0.5, 0.6) is 0 Å². The summed E-state index contributed by atoms with van der Waals surface area (Å²) in [6.07, 6.45) is 87.0. The number of aliphatic hydroxyl groups is 1. The molecule has 0 aliphatic heterocycles. The van der Waals surface area contributed by atoms with E-state index in [9.17, 15) is 43.2 Å². The number of aliphatic hydroxyl groups excluding tert-OH is 1. The second kappa shape index (κ2) is 76.1. The molecule has 0 aromatic heterocycles. The van der Waals surface area contributed by atoms with Crippen LogP contribution in [0.15, 0.2) is 146 Å². The van der Waals surface area contributed by atoms with E-state index in [-0.39, 0.29) is 25.7 Å². The molecule has 0 heterocycles. The lowest BCUT2D eigenvalue weighted by Crippen LogP contribution is -2.30. The van der Waals surface area contributed by atoms with E-state index in [2.05, 4.69) is 149 Å². The number of rotatable bonds is 74. The van der Waals surface area contributed by atoms with Gasteiger partial charge in [-0.25, -0.2) is 9.13 Å². The van der Waals surface area contributed by atoms with Crippen molar-refractivity contribution in [3.63, 3.8) is 0 Å². The molecule has 0 radical (unpaired) electrons. The highest BCUT2D eigenvalue weighted by atomic mass is 31.2. The van der Waals surface area contributed by atoms with Gasteiger partial charge in [-0.1, -0.05) is 276 Å². The van der Waals surface area contributed by atoms with Crippen molar-refractivity contribution in [2.24, 2.45) is 0 Å². The van der Waals surface area contributed by atoms with Crippen molar-refractivity contribution in [2.45, 2.75) is 329 Å². The summed E-state index contributed by atoms with van der Waals surface area (Å²) < 4.78 is 68.5. The molecule has 0 rings (SSSR count). The van der Waals surface area contributed by atoms with E-state index in [1.165, 1.54) is 77.0 Å². The summed E-state index contributed by atoms with van der Waals surface area (Å²) in [5.74, 6) is -2.33. The highest BCUT2D eigenvalue weighted by Gasteiger charge is 2.30. The summed E-state index contributed by atoms with van der Waals surface area (Å²) in [7, 11) is -10.00. The number of unbranched alkanes of at least 4 members (excludes halogenated alkanes) is 24. The van der Waals surface area contributed by atoms with Crippen LogP contribution in [0.1, 0.15) is 310 Å². The molecule has 0 spiro atoms. The normalized spacial score (nSPS) is 14.6. The number of ether oxygens (including phenoxy) is 4. The Hall–Kier alpha value is -5.06. The Labute approximate surface area is 630 Å². The van der Waals surface area contributed by atoms with Crippen LogP contribution < -0.4 is 0 Å². The Kier molecular flexibility index (Phi) is 72.4. The Balaban J connectivity index is 5.48. The molecule has 0 aromatic rings. The molecule has 0 fully saturated rings. The van der Waals surface area contributed by atoms with Crippen molar-refractivity contribution in [3.05, 3.63) is 146 Å². The minimum absolute atomic E-state index is 0.0681. The van der Waals surface area contributed by atoms with Crippen LogP contribution in [0.3, 0.4) is 0 Å². The van der Waals surface area contributed by atoms with E-state index >= 15 is 0 Å². The van der Waals surface area contributed by atoms with E-state index < -0.39 is 97.5 Å². The number of hydrogen-bond donors (Lipinski definition) is 3. The van der Waals surface area contributed by atoms with Crippen molar-refractivity contribution in [2.75, 3.05) is 39.6 Å². The zero-order chi connectivity index (χ0) is 76.0. The lowest BCUT2D eigenvalue weighted by molar-refractivity contribution is -0.161. The topological polar surface area (TPSA) is 237 Å². The highest BCUT2D eigenvalue weighted by molar-refractivity contribution is 7.47. The van der Waals surface area contributed by atoms with Crippen LogP contribution in [-0.2, 0) is 65.4 Å². The van der Waals surface area contributed by atoms with Gasteiger partial charge in [-0.05, 0) is 154 Å². The molecular weight excluding hydrogens is 1350 g/mol. The second-order valence-corrected chi connectivity index (χ2v) is 29.1. The summed E-state index contributed by atoms with van der Waals surface area (Å²) in [5.41, 5.74) is 0. The number of hydrogen-bond acceptors (Lipinski definition) is 15. The van der Waals surface area contributed by atoms with E-state index in [0.717, 1.165) is 141 Å². The summed E-state index contributed by atoms with van der Waals surface area (Å²) >= 11 is 0. The van der Waals surface area contributed by atoms with Gasteiger partial charge in [0, 0.05) is 25.7 Å². The molecule has 0 bridgehead atoms. The minimum atomic E-state index is -5.00. The molecular formula is C85H142O17P2. The lowest BCUT2D eigenvalue weighted by Gasteiger charge is -2.21. The fourth-order valence-electron chi connectivity index (χ4n) is 10.2. The molecule has 0 amide bonds. The molecule has 4 unspecified atom stereocenters. The molecule has 0 aromatic carbocycles. The average molecular weight is 1500 g/mol. The van der Waals surface area contributed by atoms with Gasteiger partial charge in [0.2, 0.25) is 0 Å². The lowest BCUT2D eigenvalue weighted by atomic mass is 10.1. The third-order valence-corrected chi connectivity index (χ3v) is 18.2. The van der Waals surface area contributed by atoms with Gasteiger partial charge in [0.25, 0.3) is 0 Å². The van der Waals surface area contributed by atoms with E-state index in [1.807, 2.05) is 24.3 Å². The number of carbonyl (C=O) groups excluding carboxylic acids is 4. The van der Waals surface area contributed by atoms with Crippen molar-refractivity contribution in [1.29, 1.82) is 0 Å². The maximum atomic E-state index is 13.1. The fraction of sp³-hybridized carbons (Fsp3) is 0.671. The SMILES string of the molecule is CC/C=C\C/C=C\C/C=C\C/C=C\C/C=C\CCCC(=O)OCC(COP(=O)(O)OCC(O)COP(=O)(O)OCC(COC(=O)CCC/C=C\C/C=C\C/C=C\C/C=C\C/C=C\CC)OC(=O)CCCCCCC/C=C\CCCCCCCC)OC(=O)CCCCCCC/C=C\CCCCCCCC. The summed E-state index contributed by atoms with van der Waals surface area (Å²) in [4.78, 5) is 73.0. The molecule has 4 atom stereocenters. The Bertz CT molecular complexity index is 2370. The van der Waals surface area contributed by atoms with Crippen molar-refractivity contribution >= 4 is 39.5 Å². The van der Waals surface area contributed by atoms with Gasteiger partial charge < -0.3 is 33.8 Å². The van der Waals surface area contributed by atoms with Gasteiger partial charge in [0.05, 0.1) is 26.4 Å². The Morgan fingerprint density at radius 1 is 0.279 bits per heavy atom. The van der Waals surface area contributed by atoms with Crippen LogP contribution in [-0.4, -0.2) is 96.7 Å². The fourth-order valence-corrected chi connectivity index (χ4v) is 11.8. The summed E-state index contributed by atoms with van der Waals surface area (Å²) in [6, 6.07) is 0. The summed E-state index contributed by atoms with van der Waals surface area (Å²) in [6.45, 7) is 4.50. The van der Waals surface area contributed by atoms with Gasteiger partial charge in [-0.3, -0.25) is 37.3 Å². The number of phosphoric ester groups is 2. The van der Waals surface area contributed by atoms with Crippen molar-refractivity contribution < 1.29 is 80.2 Å². The Morgan fingerprint density at radius 3 is 0.808 bits per heavy atom. The highest BCUT2D eigenvalue weighted by Crippen LogP contribution is 2.45. The van der Waals surface area contributed by atoms with Crippen LogP contribution >= 0.6 is 15.6 Å². The second-order valence-electron chi connectivity index (χ2n) is 26.2. The van der Waals surface area contributed by atoms with Gasteiger partial charge in [0.1, 0.15) is 19.3 Å². The molecule has 19 heteroatoms. The third-order valence-electron chi connectivity index (χ3n) is 16.3. The predicted molar refractivity (Wildman–Crippen MR) is 427 cm³/mol. The predicted octanol–water partition coefficient (Wildman–Crippen LogP) is 23.4. The largest absolute Gasteiger partial charge is 0.472 e. The molecule has 0 saturated heterocycles. The third kappa shape index (κ3) is 75.2. The molecule has 0 aliphatic rings. The van der Waals surface area contributed by atoms with Crippen LogP contribution in [0.25, 0.3) is 0 Å². The molecule has 17 nitrogen and oxygen atoms in total. The monoisotopic (exact) mass is 1500 g/mol. The molecule has 104 heavy (non-hydrogen) atoms. The standard InChI is InChI=1S/C85H142O17P2/c1-5-9-13-17-21-25-29-33-37-39-43-45-49-53-57-61-65-69-82(87)95-75-80(101-84(89)71-67-63-59-55-51-47-41-35-31-27-23-19-15-11-7-3)77-99-103(91,92)97-73-79(86)74-98-104(93,94)100-78-81(102-85(90)72-68-64-60-56-52-48-42-36-32-28-24-20-16-12-8-4)76-96-83(88)70-66-62-58-54-50-46-44-40-38-34-30-26-22-18-14-10-6-2/h9-10,13-14,21-22,25-26,33-38,41-46,53-54,57-58,79-81,86H,5-8,11-12,15-20,23-24,27-32,39-40,47-52,55-56,59-78H2,1-4H3,(H,91,92)(H,93,94)/b13-9-,14-10-,25-21-,26-22-,37-33-,38-34-,41-35-,42-36-,45-43-,46-44-,57-53-,58-54-. The summed E-state index contributed by atoms with van der Waals surface area (Å²) in [5, 5.41) is 10.6. The molecule has 594 valence electrons. The average Bonchev–Trinajstić information content (AvgIpc) is 0.937. The van der Waals surface area contributed by atoms with Crippen molar-refractivity contribution in [1.82, 2.24) is 0 Å².